The van der Waals surface area contributed by atoms with E-state index in [1.807, 2.05) is 60.8 Å². The van der Waals surface area contributed by atoms with E-state index in [9.17, 15) is 19.0 Å². The summed E-state index contributed by atoms with van der Waals surface area (Å²) in [4.78, 5) is 34.6. The second-order valence-electron chi connectivity index (χ2n) is 11.8. The van der Waals surface area contributed by atoms with Crippen LogP contribution in [0.4, 0.5) is 0 Å². The van der Waals surface area contributed by atoms with Gasteiger partial charge in [-0.25, -0.2) is 4.57 Å². The van der Waals surface area contributed by atoms with Crippen molar-refractivity contribution in [2.24, 2.45) is 5.73 Å². The summed E-state index contributed by atoms with van der Waals surface area (Å²) >= 11 is 0. The van der Waals surface area contributed by atoms with Gasteiger partial charge in [-0.05, 0) is 57.8 Å². The monoisotopic (exact) mass is 731 g/mol. The molecule has 0 saturated carbocycles. The zero-order valence-corrected chi connectivity index (χ0v) is 32.2. The summed E-state index contributed by atoms with van der Waals surface area (Å²) in [7, 11) is -4.41. The van der Waals surface area contributed by atoms with Crippen molar-refractivity contribution >= 4 is 19.8 Å². The van der Waals surface area contributed by atoms with E-state index in [1.54, 1.807) is 0 Å². The van der Waals surface area contributed by atoms with E-state index >= 15 is 0 Å². The Morgan fingerprint density at radius 3 is 1.78 bits per heavy atom. The third-order valence-electron chi connectivity index (χ3n) is 7.08. The summed E-state index contributed by atoms with van der Waals surface area (Å²) in [6.07, 6.45) is 46.1. The Hall–Kier alpha value is -3.07. The van der Waals surface area contributed by atoms with Gasteiger partial charge in [0.1, 0.15) is 6.61 Å². The number of unbranched alkanes of at least 4 members (excludes halogenated alkanes) is 8. The minimum atomic E-state index is -4.41. The molecule has 2 atom stereocenters. The van der Waals surface area contributed by atoms with Crippen LogP contribution < -0.4 is 5.73 Å². The van der Waals surface area contributed by atoms with Gasteiger partial charge in [0.15, 0.2) is 6.10 Å². The average Bonchev–Trinajstić information content (AvgIpc) is 3.11. The molecule has 0 spiro atoms. The van der Waals surface area contributed by atoms with Crippen LogP contribution in [0.3, 0.4) is 0 Å². The second kappa shape index (κ2) is 36.7. The highest BCUT2D eigenvalue weighted by atomic mass is 31.2. The highest BCUT2D eigenvalue weighted by molar-refractivity contribution is 7.47. The molecule has 51 heavy (non-hydrogen) atoms. The number of carbonyl (C=O) groups is 2. The summed E-state index contributed by atoms with van der Waals surface area (Å²) in [6.45, 7) is 3.39. The molecule has 0 aliphatic rings. The molecule has 0 aromatic rings. The summed E-state index contributed by atoms with van der Waals surface area (Å²) in [5, 5.41) is 0. The quantitative estimate of drug-likeness (QED) is 0.0222. The van der Waals surface area contributed by atoms with Gasteiger partial charge >= 0.3 is 19.8 Å². The van der Waals surface area contributed by atoms with Crippen molar-refractivity contribution in [1.82, 2.24) is 0 Å². The number of hydrogen-bond acceptors (Lipinski definition) is 8. The maximum Gasteiger partial charge on any atom is 0.472 e. The van der Waals surface area contributed by atoms with Crippen LogP contribution in [0.5, 0.6) is 0 Å². The Morgan fingerprint density at radius 2 is 1.16 bits per heavy atom. The molecular formula is C41H66NO8P. The third kappa shape index (κ3) is 36.5. The first kappa shape index (κ1) is 47.9. The molecule has 0 saturated heterocycles. The summed E-state index contributed by atoms with van der Waals surface area (Å²) in [5.41, 5.74) is 5.32. The minimum absolute atomic E-state index is 0.0298. The Bertz CT molecular complexity index is 1150. The number of nitrogens with two attached hydrogens (primary N) is 1. The van der Waals surface area contributed by atoms with Gasteiger partial charge in [0.2, 0.25) is 0 Å². The van der Waals surface area contributed by atoms with E-state index in [2.05, 4.69) is 50.3 Å². The number of hydrogen-bond donors (Lipinski definition) is 2. The molecule has 10 heteroatoms. The van der Waals surface area contributed by atoms with Crippen LogP contribution in [0.25, 0.3) is 0 Å². The lowest BCUT2D eigenvalue weighted by molar-refractivity contribution is -0.161. The Labute approximate surface area is 308 Å². The van der Waals surface area contributed by atoms with E-state index < -0.39 is 32.5 Å². The molecule has 0 rings (SSSR count). The van der Waals surface area contributed by atoms with Crippen molar-refractivity contribution in [3.8, 4) is 0 Å². The molecule has 0 bridgehead atoms. The fraction of sp³-hybridized carbons (Fsp3) is 0.561. The largest absolute Gasteiger partial charge is 0.472 e. The number of carbonyl (C=O) groups excluding carboxylic acids is 2. The summed E-state index contributed by atoms with van der Waals surface area (Å²) < 4.78 is 32.5. The van der Waals surface area contributed by atoms with Crippen LogP contribution in [0.15, 0.2) is 97.2 Å². The van der Waals surface area contributed by atoms with E-state index in [4.69, 9.17) is 24.3 Å². The SMILES string of the molecule is CC/C=C/C=C/C=C/C=C/C=C/CCCC(=O)OC(COC(=O)CCC/C=C/C/C=C/C/C=C/CCCCCCCC)COP(=O)(O)OCCN. The number of phosphoric acid groups is 1. The predicted molar refractivity (Wildman–Crippen MR) is 210 cm³/mol. The molecule has 0 aromatic heterocycles. The van der Waals surface area contributed by atoms with Crippen molar-refractivity contribution in [3.05, 3.63) is 97.2 Å². The van der Waals surface area contributed by atoms with Crippen molar-refractivity contribution in [2.45, 2.75) is 123 Å². The molecule has 0 aromatic carbocycles. The predicted octanol–water partition coefficient (Wildman–Crippen LogP) is 10.3. The van der Waals surface area contributed by atoms with Gasteiger partial charge in [0.25, 0.3) is 0 Å². The number of rotatable bonds is 33. The number of ether oxygens (including phenoxy) is 2. The Balaban J connectivity index is 4.45. The first-order chi connectivity index (χ1) is 24.8. The van der Waals surface area contributed by atoms with Crippen molar-refractivity contribution in [3.63, 3.8) is 0 Å². The van der Waals surface area contributed by atoms with Crippen LogP contribution >= 0.6 is 7.82 Å². The number of phosphoric ester groups is 1. The molecule has 288 valence electrons. The van der Waals surface area contributed by atoms with E-state index in [0.717, 1.165) is 32.1 Å². The fourth-order valence-corrected chi connectivity index (χ4v) is 5.09. The van der Waals surface area contributed by atoms with Gasteiger partial charge in [-0.3, -0.25) is 18.6 Å². The van der Waals surface area contributed by atoms with E-state index in [-0.39, 0.29) is 32.6 Å². The topological polar surface area (TPSA) is 134 Å². The number of allylic oxidation sites excluding steroid dienone is 16. The standard InChI is InChI=1S/C41H66NO8P/c1-3-5-7-9-11-13-15-17-18-19-20-22-23-25-27-29-31-33-40(43)47-37-39(38-49-51(45,46)48-36-35-42)50-41(44)34-32-30-28-26-24-21-16-14-12-10-8-6-4-2/h6,8,10,12,14,16-18,20-22,24-28,39H,3-5,7,9,11,13,15,19,23,29-38,42H2,1-2H3,(H,45,46)/b8-6+,12-10+,16-14+,18-17+,22-20+,24-21+,27-25+,28-26+. The zero-order valence-electron chi connectivity index (χ0n) is 31.3. The molecule has 0 aliphatic heterocycles. The van der Waals surface area contributed by atoms with Crippen LogP contribution in [0, 0.1) is 0 Å². The number of esters is 2. The minimum Gasteiger partial charge on any atom is -0.462 e. The smallest absolute Gasteiger partial charge is 0.462 e. The first-order valence-electron chi connectivity index (χ1n) is 18.8. The average molecular weight is 732 g/mol. The molecule has 0 radical (unpaired) electrons. The van der Waals surface area contributed by atoms with Crippen LogP contribution in [0.2, 0.25) is 0 Å². The highest BCUT2D eigenvalue weighted by Gasteiger charge is 2.25. The van der Waals surface area contributed by atoms with Gasteiger partial charge < -0.3 is 20.1 Å². The lowest BCUT2D eigenvalue weighted by Gasteiger charge is -2.19. The molecule has 0 aliphatic carbocycles. The normalized spacial score (nSPS) is 14.5. The van der Waals surface area contributed by atoms with Crippen LogP contribution in [0.1, 0.15) is 117 Å². The molecule has 0 fully saturated rings. The highest BCUT2D eigenvalue weighted by Crippen LogP contribution is 2.43. The van der Waals surface area contributed by atoms with Gasteiger partial charge in [-0.1, -0.05) is 143 Å². The maximum atomic E-state index is 12.5. The first-order valence-corrected chi connectivity index (χ1v) is 20.3. The second-order valence-corrected chi connectivity index (χ2v) is 13.3. The van der Waals surface area contributed by atoms with Crippen molar-refractivity contribution < 1.29 is 37.6 Å². The maximum absolute atomic E-state index is 12.5. The molecule has 3 N–H and O–H groups in total. The molecule has 9 nitrogen and oxygen atoms in total. The van der Waals surface area contributed by atoms with Gasteiger partial charge in [-0.2, -0.15) is 0 Å². The third-order valence-corrected chi connectivity index (χ3v) is 8.07. The van der Waals surface area contributed by atoms with Crippen molar-refractivity contribution in [1.29, 1.82) is 0 Å². The fourth-order valence-electron chi connectivity index (χ4n) is 4.32. The van der Waals surface area contributed by atoms with Crippen LogP contribution in [-0.2, 0) is 32.7 Å². The van der Waals surface area contributed by atoms with E-state index in [0.29, 0.717) is 19.3 Å². The molecule has 0 amide bonds. The molecule has 0 heterocycles. The Kier molecular flexibility index (Phi) is 34.5. The summed E-state index contributed by atoms with van der Waals surface area (Å²) in [6, 6.07) is 0. The van der Waals surface area contributed by atoms with Gasteiger partial charge in [0.05, 0.1) is 13.2 Å². The lowest BCUT2D eigenvalue weighted by atomic mass is 10.1. The Morgan fingerprint density at radius 1 is 0.627 bits per heavy atom. The van der Waals surface area contributed by atoms with Crippen molar-refractivity contribution in [2.75, 3.05) is 26.4 Å². The van der Waals surface area contributed by atoms with E-state index in [1.165, 1.54) is 38.5 Å². The molecular weight excluding hydrogens is 665 g/mol. The lowest BCUT2D eigenvalue weighted by Crippen LogP contribution is -2.29. The van der Waals surface area contributed by atoms with Gasteiger partial charge in [0, 0.05) is 19.4 Å². The zero-order chi connectivity index (χ0) is 37.5. The molecule has 2 unspecified atom stereocenters. The van der Waals surface area contributed by atoms with Crippen LogP contribution in [-0.4, -0.2) is 49.3 Å². The summed E-state index contributed by atoms with van der Waals surface area (Å²) in [5.74, 6) is -0.990. The van der Waals surface area contributed by atoms with Gasteiger partial charge in [-0.15, -0.1) is 0 Å².